The summed E-state index contributed by atoms with van der Waals surface area (Å²) in [5.74, 6) is -0.416. The molecule has 0 aliphatic heterocycles. The van der Waals surface area contributed by atoms with Gasteiger partial charge in [-0.3, -0.25) is 9.59 Å². The number of ketones is 1. The van der Waals surface area contributed by atoms with Crippen LogP contribution in [0.2, 0.25) is 0 Å². The van der Waals surface area contributed by atoms with Crippen molar-refractivity contribution in [2.75, 3.05) is 0 Å². The van der Waals surface area contributed by atoms with Crippen molar-refractivity contribution in [3.63, 3.8) is 0 Å². The molecular formula is C17H24O3. The molecule has 0 radical (unpaired) electrons. The van der Waals surface area contributed by atoms with E-state index in [1.807, 2.05) is 46.8 Å². The van der Waals surface area contributed by atoms with Crippen LogP contribution in [0, 0.1) is 32.6 Å². The van der Waals surface area contributed by atoms with Crippen molar-refractivity contribution in [3.8, 4) is 5.75 Å². The molecule has 0 spiro atoms. The van der Waals surface area contributed by atoms with Crippen LogP contribution in [-0.4, -0.2) is 11.8 Å². The maximum absolute atomic E-state index is 12.1. The van der Waals surface area contributed by atoms with Gasteiger partial charge in [0.05, 0.1) is 0 Å². The maximum Gasteiger partial charge on any atom is 0.321 e. The van der Waals surface area contributed by atoms with Gasteiger partial charge in [-0.05, 0) is 44.7 Å². The van der Waals surface area contributed by atoms with E-state index in [0.29, 0.717) is 12.2 Å². The summed E-state index contributed by atoms with van der Waals surface area (Å²) in [6, 6.07) is 3.94. The summed E-state index contributed by atoms with van der Waals surface area (Å²) in [7, 11) is 0. The molecule has 0 heterocycles. The highest BCUT2D eigenvalue weighted by molar-refractivity contribution is 5.99. The Hall–Kier alpha value is -1.64. The van der Waals surface area contributed by atoms with Crippen LogP contribution in [0.15, 0.2) is 12.1 Å². The molecule has 3 nitrogen and oxygen atoms in total. The van der Waals surface area contributed by atoms with Crippen LogP contribution < -0.4 is 4.74 Å². The van der Waals surface area contributed by atoms with Gasteiger partial charge >= 0.3 is 5.97 Å². The number of esters is 1. The zero-order valence-corrected chi connectivity index (χ0v) is 13.2. The van der Waals surface area contributed by atoms with Crippen molar-refractivity contribution < 1.29 is 14.3 Å². The topological polar surface area (TPSA) is 43.4 Å². The first-order valence-electron chi connectivity index (χ1n) is 7.04. The molecule has 0 fully saturated rings. The van der Waals surface area contributed by atoms with Crippen LogP contribution in [-0.2, 0) is 9.59 Å². The number of carbonyl (C=O) groups is 2. The van der Waals surface area contributed by atoms with E-state index >= 15 is 0 Å². The summed E-state index contributed by atoms with van der Waals surface area (Å²) in [6.07, 6.45) is 0.405. The van der Waals surface area contributed by atoms with Gasteiger partial charge in [0.25, 0.3) is 0 Å². The van der Waals surface area contributed by atoms with Crippen molar-refractivity contribution in [1.82, 2.24) is 0 Å². The van der Waals surface area contributed by atoms with Crippen molar-refractivity contribution >= 4 is 11.8 Å². The van der Waals surface area contributed by atoms with E-state index in [2.05, 4.69) is 0 Å². The molecule has 0 N–H and O–H groups in total. The SMILES string of the molecule is Cc1cc(C)c(OC(=O)C(C)C(=O)CC(C)C)c(C)c1. The fourth-order valence-corrected chi connectivity index (χ4v) is 2.23. The number of benzene rings is 1. The molecule has 0 saturated heterocycles. The lowest BCUT2D eigenvalue weighted by Crippen LogP contribution is -2.26. The minimum absolute atomic E-state index is 0.0626. The molecule has 0 aliphatic carbocycles. The molecule has 1 aromatic carbocycles. The van der Waals surface area contributed by atoms with Crippen LogP contribution in [0.4, 0.5) is 0 Å². The molecule has 0 aliphatic rings. The number of aryl methyl sites for hydroxylation is 3. The van der Waals surface area contributed by atoms with Gasteiger partial charge in [-0.2, -0.15) is 0 Å². The fourth-order valence-electron chi connectivity index (χ4n) is 2.23. The summed E-state index contributed by atoms with van der Waals surface area (Å²) >= 11 is 0. The summed E-state index contributed by atoms with van der Waals surface area (Å²) < 4.78 is 5.44. The zero-order valence-electron chi connectivity index (χ0n) is 13.2. The molecular weight excluding hydrogens is 252 g/mol. The van der Waals surface area contributed by atoms with Gasteiger partial charge in [0.2, 0.25) is 0 Å². The molecule has 20 heavy (non-hydrogen) atoms. The Morgan fingerprint density at radius 3 is 2.00 bits per heavy atom. The lowest BCUT2D eigenvalue weighted by atomic mass is 9.98. The van der Waals surface area contributed by atoms with E-state index in [0.717, 1.165) is 16.7 Å². The second-order valence-corrected chi connectivity index (χ2v) is 5.93. The fraction of sp³-hybridized carbons (Fsp3) is 0.529. The third-order valence-corrected chi connectivity index (χ3v) is 3.25. The summed E-state index contributed by atoms with van der Waals surface area (Å²) in [5.41, 5.74) is 2.96. The summed E-state index contributed by atoms with van der Waals surface area (Å²) in [6.45, 7) is 11.4. The molecule has 0 aromatic heterocycles. The highest BCUT2D eigenvalue weighted by atomic mass is 16.5. The van der Waals surface area contributed by atoms with Gasteiger partial charge < -0.3 is 4.74 Å². The highest BCUT2D eigenvalue weighted by Crippen LogP contribution is 2.25. The molecule has 1 rings (SSSR count). The van der Waals surface area contributed by atoms with E-state index in [1.165, 1.54) is 0 Å². The first-order valence-corrected chi connectivity index (χ1v) is 7.04. The molecule has 110 valence electrons. The molecule has 1 aromatic rings. The zero-order chi connectivity index (χ0) is 15.4. The normalized spacial score (nSPS) is 12.3. The van der Waals surface area contributed by atoms with Crippen molar-refractivity contribution in [2.45, 2.75) is 48.0 Å². The molecule has 0 amide bonds. The van der Waals surface area contributed by atoms with Gasteiger partial charge in [-0.25, -0.2) is 0 Å². The van der Waals surface area contributed by atoms with Gasteiger partial charge in [0.1, 0.15) is 17.5 Å². The predicted octanol–water partition coefficient (Wildman–Crippen LogP) is 3.77. The summed E-state index contributed by atoms with van der Waals surface area (Å²) in [5, 5.41) is 0. The Balaban J connectivity index is 2.83. The van der Waals surface area contributed by atoms with Crippen LogP contribution in [0.25, 0.3) is 0 Å². The number of hydrogen-bond donors (Lipinski definition) is 0. The quantitative estimate of drug-likeness (QED) is 0.467. The Bertz CT molecular complexity index is 492. The van der Waals surface area contributed by atoms with E-state index in [-0.39, 0.29) is 11.7 Å². The van der Waals surface area contributed by atoms with Crippen LogP contribution in [0.5, 0.6) is 5.75 Å². The van der Waals surface area contributed by atoms with Crippen molar-refractivity contribution in [1.29, 1.82) is 0 Å². The molecule has 3 heteroatoms. The van der Waals surface area contributed by atoms with E-state index < -0.39 is 11.9 Å². The third-order valence-electron chi connectivity index (χ3n) is 3.25. The van der Waals surface area contributed by atoms with Gasteiger partial charge in [-0.1, -0.05) is 31.5 Å². The number of Topliss-reactive ketones (excluding diaryl/α,β-unsaturated/α-hetero) is 1. The number of carbonyl (C=O) groups excluding carboxylic acids is 2. The monoisotopic (exact) mass is 276 g/mol. The Kier molecular flexibility index (Phi) is 5.49. The number of hydrogen-bond acceptors (Lipinski definition) is 3. The van der Waals surface area contributed by atoms with E-state index in [9.17, 15) is 9.59 Å². The minimum Gasteiger partial charge on any atom is -0.425 e. The van der Waals surface area contributed by atoms with Crippen LogP contribution in [0.1, 0.15) is 43.9 Å². The predicted molar refractivity (Wildman–Crippen MR) is 79.9 cm³/mol. The van der Waals surface area contributed by atoms with Crippen molar-refractivity contribution in [3.05, 3.63) is 28.8 Å². The van der Waals surface area contributed by atoms with Gasteiger partial charge in [-0.15, -0.1) is 0 Å². The summed E-state index contributed by atoms with van der Waals surface area (Å²) in [4.78, 5) is 24.0. The second kappa shape index (κ2) is 6.69. The average molecular weight is 276 g/mol. The van der Waals surface area contributed by atoms with Gasteiger partial charge in [0, 0.05) is 6.42 Å². The Labute approximate surface area is 121 Å². The first-order chi connectivity index (χ1) is 9.22. The highest BCUT2D eigenvalue weighted by Gasteiger charge is 2.24. The van der Waals surface area contributed by atoms with E-state index in [4.69, 9.17) is 4.74 Å². The third kappa shape index (κ3) is 4.19. The Morgan fingerprint density at radius 1 is 1.05 bits per heavy atom. The lowest BCUT2D eigenvalue weighted by molar-refractivity contribution is -0.143. The van der Waals surface area contributed by atoms with Gasteiger partial charge in [0.15, 0.2) is 0 Å². The van der Waals surface area contributed by atoms with Crippen molar-refractivity contribution in [2.24, 2.45) is 11.8 Å². The van der Waals surface area contributed by atoms with E-state index in [1.54, 1.807) is 6.92 Å². The molecule has 0 saturated carbocycles. The molecule has 1 atom stereocenters. The number of ether oxygens (including phenoxy) is 1. The first kappa shape index (κ1) is 16.4. The maximum atomic E-state index is 12.1. The minimum atomic E-state index is -0.711. The Morgan fingerprint density at radius 2 is 1.55 bits per heavy atom. The number of rotatable bonds is 5. The largest absolute Gasteiger partial charge is 0.425 e. The smallest absolute Gasteiger partial charge is 0.321 e. The van der Waals surface area contributed by atoms with Crippen LogP contribution >= 0.6 is 0 Å². The standard InChI is InChI=1S/C17H24O3/c1-10(2)7-15(18)14(6)17(19)20-16-12(4)8-11(3)9-13(16)5/h8-10,14H,7H2,1-6H3. The molecule has 1 unspecified atom stereocenters. The average Bonchev–Trinajstić information content (AvgIpc) is 2.31. The second-order valence-electron chi connectivity index (χ2n) is 5.93. The molecule has 0 bridgehead atoms. The lowest BCUT2D eigenvalue weighted by Gasteiger charge is -2.15. The van der Waals surface area contributed by atoms with Crippen LogP contribution in [0.3, 0.4) is 0 Å².